The summed E-state index contributed by atoms with van der Waals surface area (Å²) in [6.07, 6.45) is -4.68. The topological polar surface area (TPSA) is 179 Å². The van der Waals surface area contributed by atoms with Crippen LogP contribution in [-0.4, -0.2) is 132 Å². The molecule has 0 aliphatic carbocycles. The maximum Gasteiger partial charge on any atom is 0.104 e. The first-order valence-electron chi connectivity index (χ1n) is 8.32. The van der Waals surface area contributed by atoms with Gasteiger partial charge < -0.3 is 54.7 Å². The van der Waals surface area contributed by atoms with Gasteiger partial charge in [-0.15, -0.1) is 0 Å². The Morgan fingerprint density at radius 3 is 1.23 bits per heavy atom. The van der Waals surface area contributed by atoms with Crippen LogP contribution >= 0.6 is 0 Å². The molecule has 0 saturated heterocycles. The number of rotatable bonds is 18. The lowest BCUT2D eigenvalue weighted by Crippen LogP contribution is -2.34. The number of hydrogen-bond acceptors (Lipinski definition) is 11. The van der Waals surface area contributed by atoms with Crippen LogP contribution in [0.4, 0.5) is 0 Å². The molecule has 0 aromatic heterocycles. The van der Waals surface area contributed by atoms with Crippen LogP contribution in [0.2, 0.25) is 0 Å². The molecular formula is C15H32O11. The van der Waals surface area contributed by atoms with Crippen molar-refractivity contribution in [3.63, 3.8) is 0 Å². The van der Waals surface area contributed by atoms with Gasteiger partial charge in [0.25, 0.3) is 0 Å². The summed E-state index contributed by atoms with van der Waals surface area (Å²) in [7, 11) is 0. The van der Waals surface area contributed by atoms with Crippen LogP contribution < -0.4 is 0 Å². The molecule has 0 heterocycles. The smallest absolute Gasteiger partial charge is 0.104 e. The Bertz CT molecular complexity index is 307. The van der Waals surface area contributed by atoms with E-state index in [9.17, 15) is 15.3 Å². The molecule has 11 nitrogen and oxygen atoms in total. The SMILES string of the molecule is OCC(O)COCC(O)COCC(COCC(O)CO)OCC(O)CO. The van der Waals surface area contributed by atoms with Crippen molar-refractivity contribution < 1.29 is 54.7 Å². The molecule has 5 unspecified atom stereocenters. The second-order valence-electron chi connectivity index (χ2n) is 5.73. The second-order valence-corrected chi connectivity index (χ2v) is 5.73. The van der Waals surface area contributed by atoms with Gasteiger partial charge in [-0.25, -0.2) is 0 Å². The highest BCUT2D eigenvalue weighted by molar-refractivity contribution is 4.61. The van der Waals surface area contributed by atoms with Crippen LogP contribution in [0, 0.1) is 0 Å². The first kappa shape index (κ1) is 25.6. The summed E-state index contributed by atoms with van der Waals surface area (Å²) < 4.78 is 20.8. The van der Waals surface area contributed by atoms with Gasteiger partial charge >= 0.3 is 0 Å². The minimum atomic E-state index is -1.06. The first-order valence-corrected chi connectivity index (χ1v) is 8.32. The zero-order valence-electron chi connectivity index (χ0n) is 14.7. The molecule has 0 radical (unpaired) electrons. The Morgan fingerprint density at radius 2 is 0.808 bits per heavy atom. The number of hydrogen-bond donors (Lipinski definition) is 7. The van der Waals surface area contributed by atoms with Gasteiger partial charge in [-0.1, -0.05) is 0 Å². The van der Waals surface area contributed by atoms with E-state index >= 15 is 0 Å². The molecule has 0 spiro atoms. The van der Waals surface area contributed by atoms with Crippen LogP contribution in [0.3, 0.4) is 0 Å². The summed E-state index contributed by atoms with van der Waals surface area (Å²) in [4.78, 5) is 0. The third-order valence-electron chi connectivity index (χ3n) is 3.01. The van der Waals surface area contributed by atoms with Crippen molar-refractivity contribution in [2.75, 3.05) is 66.1 Å². The molecule has 0 aromatic rings. The Balaban J connectivity index is 4.06. The zero-order chi connectivity index (χ0) is 19.8. The quantitative estimate of drug-likeness (QED) is 0.121. The predicted octanol–water partition coefficient (Wildman–Crippen LogP) is -4.16. The maximum atomic E-state index is 9.68. The van der Waals surface area contributed by atoms with E-state index in [1.807, 2.05) is 0 Å². The van der Waals surface area contributed by atoms with E-state index in [0.29, 0.717) is 0 Å². The van der Waals surface area contributed by atoms with Gasteiger partial charge in [-0.2, -0.15) is 0 Å². The van der Waals surface area contributed by atoms with Crippen molar-refractivity contribution in [1.82, 2.24) is 0 Å². The summed E-state index contributed by atoms with van der Waals surface area (Å²) in [6, 6.07) is 0. The van der Waals surface area contributed by atoms with Gasteiger partial charge in [0.2, 0.25) is 0 Å². The van der Waals surface area contributed by atoms with Crippen molar-refractivity contribution in [2.24, 2.45) is 0 Å². The average molecular weight is 388 g/mol. The Kier molecular flexibility index (Phi) is 16.4. The molecule has 0 aromatic carbocycles. The molecule has 0 amide bonds. The summed E-state index contributed by atoms with van der Waals surface area (Å²) in [5, 5.41) is 63.4. The summed E-state index contributed by atoms with van der Waals surface area (Å²) in [5.41, 5.74) is 0. The van der Waals surface area contributed by atoms with Crippen LogP contribution in [0.25, 0.3) is 0 Å². The van der Waals surface area contributed by atoms with Gasteiger partial charge in [-0.05, 0) is 0 Å². The van der Waals surface area contributed by atoms with Crippen molar-refractivity contribution in [1.29, 1.82) is 0 Å². The Labute approximate surface area is 152 Å². The van der Waals surface area contributed by atoms with E-state index in [1.165, 1.54) is 0 Å². The third kappa shape index (κ3) is 14.7. The Hall–Kier alpha value is -0.440. The van der Waals surface area contributed by atoms with Crippen molar-refractivity contribution in [2.45, 2.75) is 30.5 Å². The van der Waals surface area contributed by atoms with Crippen LogP contribution in [0.5, 0.6) is 0 Å². The lowest BCUT2D eigenvalue weighted by molar-refractivity contribution is -0.108. The largest absolute Gasteiger partial charge is 0.394 e. The summed E-state index contributed by atoms with van der Waals surface area (Å²) >= 11 is 0. The Morgan fingerprint density at radius 1 is 0.462 bits per heavy atom. The molecule has 5 atom stereocenters. The molecule has 0 saturated carbocycles. The van der Waals surface area contributed by atoms with E-state index < -0.39 is 50.3 Å². The standard InChI is InChI=1S/C15H32O11/c16-1-11(19)4-23-6-14(22)7-25-10-15(26-8-13(21)3-18)9-24-5-12(20)2-17/h11-22H,1-10H2. The maximum absolute atomic E-state index is 9.68. The van der Waals surface area contributed by atoms with Crippen LogP contribution in [-0.2, 0) is 18.9 Å². The molecule has 26 heavy (non-hydrogen) atoms. The lowest BCUT2D eigenvalue weighted by Gasteiger charge is -2.21. The molecule has 158 valence electrons. The molecule has 0 rings (SSSR count). The first-order chi connectivity index (χ1) is 12.4. The molecule has 0 aliphatic heterocycles. The highest BCUT2D eigenvalue weighted by Crippen LogP contribution is 2.00. The molecular weight excluding hydrogens is 356 g/mol. The fourth-order valence-electron chi connectivity index (χ4n) is 1.61. The third-order valence-corrected chi connectivity index (χ3v) is 3.01. The second kappa shape index (κ2) is 16.7. The van der Waals surface area contributed by atoms with Gasteiger partial charge in [0.05, 0.1) is 66.1 Å². The van der Waals surface area contributed by atoms with Crippen molar-refractivity contribution >= 4 is 0 Å². The lowest BCUT2D eigenvalue weighted by atomic mass is 10.3. The van der Waals surface area contributed by atoms with Gasteiger partial charge in [0, 0.05) is 0 Å². The van der Waals surface area contributed by atoms with Gasteiger partial charge in [0.15, 0.2) is 0 Å². The van der Waals surface area contributed by atoms with E-state index in [1.54, 1.807) is 0 Å². The number of ether oxygens (including phenoxy) is 4. The number of aliphatic hydroxyl groups excluding tert-OH is 7. The molecule has 7 N–H and O–H groups in total. The molecule has 11 heteroatoms. The van der Waals surface area contributed by atoms with E-state index in [4.69, 9.17) is 39.4 Å². The fraction of sp³-hybridized carbons (Fsp3) is 1.00. The highest BCUT2D eigenvalue weighted by Gasteiger charge is 2.15. The zero-order valence-corrected chi connectivity index (χ0v) is 14.7. The minimum Gasteiger partial charge on any atom is -0.394 e. The summed E-state index contributed by atoms with van der Waals surface area (Å²) in [5.74, 6) is 0. The van der Waals surface area contributed by atoms with Crippen molar-refractivity contribution in [3.05, 3.63) is 0 Å². The highest BCUT2D eigenvalue weighted by atomic mass is 16.6. The van der Waals surface area contributed by atoms with Crippen LogP contribution in [0.15, 0.2) is 0 Å². The van der Waals surface area contributed by atoms with E-state index in [2.05, 4.69) is 0 Å². The van der Waals surface area contributed by atoms with E-state index in [0.717, 1.165) is 0 Å². The number of aliphatic hydroxyl groups is 7. The van der Waals surface area contributed by atoms with Gasteiger partial charge in [0.1, 0.15) is 30.5 Å². The minimum absolute atomic E-state index is 0.00366. The molecule has 0 bridgehead atoms. The normalized spacial score (nSPS) is 17.7. The van der Waals surface area contributed by atoms with Crippen LogP contribution in [0.1, 0.15) is 0 Å². The molecule has 0 fully saturated rings. The predicted molar refractivity (Wildman–Crippen MR) is 87.5 cm³/mol. The van der Waals surface area contributed by atoms with Crippen molar-refractivity contribution in [3.8, 4) is 0 Å². The fourth-order valence-corrected chi connectivity index (χ4v) is 1.61. The summed E-state index contributed by atoms with van der Waals surface area (Å²) in [6.45, 7) is -1.88. The monoisotopic (exact) mass is 388 g/mol. The average Bonchev–Trinajstić information content (AvgIpc) is 2.64. The molecule has 0 aliphatic rings. The van der Waals surface area contributed by atoms with Gasteiger partial charge in [-0.3, -0.25) is 0 Å². The van der Waals surface area contributed by atoms with E-state index in [-0.39, 0.29) is 46.2 Å².